The van der Waals surface area contributed by atoms with Gasteiger partial charge in [-0.2, -0.15) is 0 Å². The molecular weight excluding hydrogens is 435 g/mol. The van der Waals surface area contributed by atoms with Crippen LogP contribution in [0.3, 0.4) is 0 Å². The molecule has 0 fully saturated rings. The van der Waals surface area contributed by atoms with Crippen LogP contribution in [0.25, 0.3) is 20.4 Å². The molecule has 4 rings (SSSR count). The minimum absolute atomic E-state index is 0.00510. The number of halogens is 1. The molecule has 0 bridgehead atoms. The van der Waals surface area contributed by atoms with Crippen molar-refractivity contribution in [3.05, 3.63) is 46.2 Å². The van der Waals surface area contributed by atoms with Gasteiger partial charge in [-0.15, -0.1) is 20.3 Å². The van der Waals surface area contributed by atoms with Crippen LogP contribution in [0.5, 0.6) is 11.5 Å². The maximum atomic E-state index is 14.8. The van der Waals surface area contributed by atoms with Gasteiger partial charge in [0.05, 0.1) is 19.4 Å². The summed E-state index contributed by atoms with van der Waals surface area (Å²) in [6, 6.07) is 3.22. The fourth-order valence-corrected chi connectivity index (χ4v) is 5.88. The van der Waals surface area contributed by atoms with Crippen LogP contribution in [0, 0.1) is 5.95 Å². The number of nitrogens with zero attached hydrogens (tertiary/aromatic N) is 2. The molecule has 0 aliphatic carbocycles. The number of methoxy groups -OCH3 is 1. The molecule has 0 saturated heterocycles. The minimum atomic E-state index is -0.457. The van der Waals surface area contributed by atoms with Crippen molar-refractivity contribution < 1.29 is 18.8 Å². The van der Waals surface area contributed by atoms with Crippen molar-refractivity contribution in [2.45, 2.75) is 25.9 Å². The third-order valence-corrected chi connectivity index (χ3v) is 7.37. The lowest BCUT2D eigenvalue weighted by atomic mass is 10.1. The SMILES string of the molecule is CNCCc1csc2c1c(O)cc(F)[n+]2C(C)NCCc1csc2ncc(OC)cc12. The molecule has 0 spiro atoms. The lowest BCUT2D eigenvalue weighted by Gasteiger charge is -2.11. The van der Waals surface area contributed by atoms with Gasteiger partial charge in [0.25, 0.3) is 4.83 Å². The first kappa shape index (κ1) is 21.9. The van der Waals surface area contributed by atoms with Crippen LogP contribution in [-0.2, 0) is 12.8 Å². The van der Waals surface area contributed by atoms with E-state index in [4.69, 9.17) is 4.74 Å². The third-order valence-electron chi connectivity index (χ3n) is 5.39. The molecule has 0 amide bonds. The Labute approximate surface area is 188 Å². The van der Waals surface area contributed by atoms with E-state index in [1.54, 1.807) is 29.2 Å². The number of aromatic nitrogens is 2. The van der Waals surface area contributed by atoms with Crippen LogP contribution in [0.1, 0.15) is 24.2 Å². The molecule has 3 N–H and O–H groups in total. The van der Waals surface area contributed by atoms with E-state index in [1.165, 1.54) is 23.0 Å². The van der Waals surface area contributed by atoms with E-state index in [0.717, 1.165) is 51.1 Å². The normalized spacial score (nSPS) is 12.6. The predicted octanol–water partition coefficient (Wildman–Crippen LogP) is 3.76. The molecule has 31 heavy (non-hydrogen) atoms. The Kier molecular flexibility index (Phi) is 6.66. The van der Waals surface area contributed by atoms with Gasteiger partial charge in [0.2, 0.25) is 6.17 Å². The Balaban J connectivity index is 1.52. The molecule has 6 nitrogen and oxygen atoms in total. The van der Waals surface area contributed by atoms with Crippen LogP contribution in [0.4, 0.5) is 4.39 Å². The second-order valence-corrected chi connectivity index (χ2v) is 9.10. The lowest BCUT2D eigenvalue weighted by Crippen LogP contribution is -2.49. The van der Waals surface area contributed by atoms with Gasteiger partial charge >= 0.3 is 5.95 Å². The highest BCUT2D eigenvalue weighted by molar-refractivity contribution is 7.17. The number of pyridine rings is 2. The van der Waals surface area contributed by atoms with E-state index in [1.807, 2.05) is 25.4 Å². The van der Waals surface area contributed by atoms with Gasteiger partial charge in [-0.3, -0.25) is 5.32 Å². The van der Waals surface area contributed by atoms with Gasteiger partial charge in [0.15, 0.2) is 0 Å². The quantitative estimate of drug-likeness (QED) is 0.262. The zero-order chi connectivity index (χ0) is 22.0. The first-order valence-corrected chi connectivity index (χ1v) is 11.9. The summed E-state index contributed by atoms with van der Waals surface area (Å²) in [6.07, 6.45) is 3.03. The molecule has 0 radical (unpaired) electrons. The summed E-state index contributed by atoms with van der Waals surface area (Å²) in [5.41, 5.74) is 2.22. The maximum Gasteiger partial charge on any atom is 0.365 e. The summed E-state index contributed by atoms with van der Waals surface area (Å²) in [6.45, 7) is 3.41. The van der Waals surface area contributed by atoms with Crippen LogP contribution in [-0.4, -0.2) is 37.3 Å². The molecule has 0 saturated carbocycles. The fraction of sp³-hybridized carbons (Fsp3) is 0.364. The molecule has 0 aliphatic rings. The first-order valence-electron chi connectivity index (χ1n) is 10.1. The Morgan fingerprint density at radius 3 is 2.74 bits per heavy atom. The summed E-state index contributed by atoms with van der Waals surface area (Å²) in [5.74, 6) is 0.279. The molecular formula is C22H26FN4O2S2+. The summed E-state index contributed by atoms with van der Waals surface area (Å²) in [5, 5.41) is 22.9. The van der Waals surface area contributed by atoms with E-state index in [0.29, 0.717) is 6.54 Å². The number of thiophene rings is 2. The molecule has 1 unspecified atom stereocenters. The van der Waals surface area contributed by atoms with Crippen molar-refractivity contribution in [1.29, 1.82) is 0 Å². The second-order valence-electron chi connectivity index (χ2n) is 7.39. The molecule has 4 aromatic heterocycles. The van der Waals surface area contributed by atoms with Crippen molar-refractivity contribution in [2.75, 3.05) is 27.2 Å². The summed E-state index contributed by atoms with van der Waals surface area (Å²) in [4.78, 5) is 6.15. The van der Waals surface area contributed by atoms with E-state index in [9.17, 15) is 9.50 Å². The monoisotopic (exact) mass is 461 g/mol. The maximum absolute atomic E-state index is 14.8. The number of nitrogens with one attached hydrogen (secondary N) is 2. The minimum Gasteiger partial charge on any atom is -0.507 e. The standard InChI is InChI=1S/C22H25FN4O2S2/c1-13(25-7-5-14-11-30-21-17(14)8-16(29-3)10-26-21)27-19(23)9-18(28)20-15(4-6-24-2)12-31-22(20)27/h8-13,24-25H,4-7H2,1-3H3/p+1. The Morgan fingerprint density at radius 2 is 1.97 bits per heavy atom. The molecule has 9 heteroatoms. The summed E-state index contributed by atoms with van der Waals surface area (Å²) < 4.78 is 21.7. The third kappa shape index (κ3) is 4.36. The highest BCUT2D eigenvalue weighted by atomic mass is 32.1. The van der Waals surface area contributed by atoms with E-state index in [2.05, 4.69) is 21.0 Å². The predicted molar refractivity (Wildman–Crippen MR) is 124 cm³/mol. The number of ether oxygens (including phenoxy) is 1. The van der Waals surface area contributed by atoms with Crippen molar-refractivity contribution in [1.82, 2.24) is 15.6 Å². The summed E-state index contributed by atoms with van der Waals surface area (Å²) in [7, 11) is 3.53. The average Bonchev–Trinajstić information content (AvgIpc) is 3.36. The van der Waals surface area contributed by atoms with Crippen LogP contribution < -0.4 is 19.9 Å². The largest absolute Gasteiger partial charge is 0.507 e. The number of rotatable bonds is 9. The fourth-order valence-electron chi connectivity index (χ4n) is 3.75. The number of aromatic hydroxyl groups is 1. The number of hydrogen-bond donors (Lipinski definition) is 3. The second kappa shape index (κ2) is 9.44. The zero-order valence-corrected chi connectivity index (χ0v) is 19.4. The van der Waals surface area contributed by atoms with Crippen LogP contribution >= 0.6 is 22.7 Å². The topological polar surface area (TPSA) is 70.3 Å². The highest BCUT2D eigenvalue weighted by Gasteiger charge is 2.27. The van der Waals surface area contributed by atoms with E-state index < -0.39 is 5.95 Å². The van der Waals surface area contributed by atoms with Gasteiger partial charge in [0.1, 0.15) is 21.7 Å². The smallest absolute Gasteiger partial charge is 0.365 e. The lowest BCUT2D eigenvalue weighted by molar-refractivity contribution is -0.725. The average molecular weight is 462 g/mol. The molecule has 164 valence electrons. The molecule has 1 atom stereocenters. The Morgan fingerprint density at radius 1 is 1.19 bits per heavy atom. The summed E-state index contributed by atoms with van der Waals surface area (Å²) >= 11 is 3.07. The molecule has 0 aromatic carbocycles. The molecule has 4 aromatic rings. The van der Waals surface area contributed by atoms with Crippen LogP contribution in [0.15, 0.2) is 29.1 Å². The molecule has 0 aliphatic heterocycles. The van der Waals surface area contributed by atoms with E-state index in [-0.39, 0.29) is 11.9 Å². The number of likely N-dealkylation sites (N-methyl/N-ethyl adjacent to an activating group) is 1. The van der Waals surface area contributed by atoms with Crippen molar-refractivity contribution in [3.63, 3.8) is 0 Å². The molecule has 4 heterocycles. The van der Waals surface area contributed by atoms with Crippen molar-refractivity contribution >= 4 is 43.1 Å². The zero-order valence-electron chi connectivity index (χ0n) is 17.7. The number of hydrogen-bond acceptors (Lipinski definition) is 7. The van der Waals surface area contributed by atoms with Gasteiger partial charge < -0.3 is 15.2 Å². The Hall–Kier alpha value is -2.33. The van der Waals surface area contributed by atoms with Gasteiger partial charge in [0, 0.05) is 24.2 Å². The van der Waals surface area contributed by atoms with Crippen LogP contribution in [0.2, 0.25) is 0 Å². The van der Waals surface area contributed by atoms with Crippen molar-refractivity contribution in [2.24, 2.45) is 0 Å². The number of fused-ring (bicyclic) bond motifs is 2. The first-order chi connectivity index (χ1) is 15.0. The van der Waals surface area contributed by atoms with Crippen molar-refractivity contribution in [3.8, 4) is 11.5 Å². The highest BCUT2D eigenvalue weighted by Crippen LogP contribution is 2.32. The van der Waals surface area contributed by atoms with Gasteiger partial charge in [-0.05, 0) is 49.0 Å². The van der Waals surface area contributed by atoms with Gasteiger partial charge in [-0.25, -0.2) is 4.98 Å². The van der Waals surface area contributed by atoms with Gasteiger partial charge in [-0.1, -0.05) is 11.3 Å². The van der Waals surface area contributed by atoms with E-state index >= 15 is 0 Å². The Bertz CT molecular complexity index is 1210.